The number of piperidine rings is 1. The number of carbonyl (C=O) groups is 2. The van der Waals surface area contributed by atoms with E-state index in [1.54, 1.807) is 13.0 Å². The number of halogens is 1. The number of likely N-dealkylation sites (tertiary alicyclic amines) is 1. The van der Waals surface area contributed by atoms with E-state index in [1.807, 2.05) is 11.0 Å². The van der Waals surface area contributed by atoms with Crippen molar-refractivity contribution >= 4 is 39.1 Å². The molecule has 0 saturated carbocycles. The molecule has 0 aliphatic carbocycles. The van der Waals surface area contributed by atoms with Crippen LogP contribution in [-0.2, 0) is 9.53 Å². The lowest BCUT2D eigenvalue weighted by atomic mass is 9.95. The molecule has 3 unspecified atom stereocenters. The number of carbonyl (C=O) groups excluding carboxylic acids is 2. The summed E-state index contributed by atoms with van der Waals surface area (Å²) in [5.41, 5.74) is 0. The lowest BCUT2D eigenvalue weighted by molar-refractivity contribution is -0.134. The van der Waals surface area contributed by atoms with Gasteiger partial charge in [-0.05, 0) is 67.6 Å². The summed E-state index contributed by atoms with van der Waals surface area (Å²) in [5, 5.41) is 2.83. The summed E-state index contributed by atoms with van der Waals surface area (Å²) in [6.45, 7) is 10.6. The van der Waals surface area contributed by atoms with Crippen molar-refractivity contribution in [2.45, 2.75) is 51.9 Å². The number of thiophene rings is 1. The first-order valence-electron chi connectivity index (χ1n) is 10.0. The molecule has 156 valence electrons. The predicted octanol–water partition coefficient (Wildman–Crippen LogP) is 2.98. The highest BCUT2D eigenvalue weighted by Crippen LogP contribution is 2.23. The SMILES string of the molecule is CC1CN(CC2CCN(C(=O)C(C)NC(=O)c3ccc(Br)s3)CC2)CC(C)O1. The maximum atomic E-state index is 12.7. The maximum Gasteiger partial charge on any atom is 0.262 e. The van der Waals surface area contributed by atoms with E-state index < -0.39 is 6.04 Å². The van der Waals surface area contributed by atoms with Gasteiger partial charge in [0.15, 0.2) is 0 Å². The fraction of sp³-hybridized carbons (Fsp3) is 0.700. The van der Waals surface area contributed by atoms with E-state index in [0.29, 0.717) is 23.0 Å². The number of ether oxygens (including phenoxy) is 1. The zero-order valence-corrected chi connectivity index (χ0v) is 19.2. The van der Waals surface area contributed by atoms with Gasteiger partial charge in [-0.1, -0.05) is 0 Å². The van der Waals surface area contributed by atoms with Crippen LogP contribution in [-0.4, -0.2) is 72.6 Å². The highest BCUT2D eigenvalue weighted by Gasteiger charge is 2.30. The van der Waals surface area contributed by atoms with E-state index in [-0.39, 0.29) is 11.8 Å². The quantitative estimate of drug-likeness (QED) is 0.716. The van der Waals surface area contributed by atoms with Crippen LogP contribution in [0.15, 0.2) is 15.9 Å². The third kappa shape index (κ3) is 5.78. The number of hydrogen-bond donors (Lipinski definition) is 1. The molecule has 2 aliphatic rings. The standard InChI is InChI=1S/C20H30BrN3O3S/c1-13-10-23(11-14(2)27-13)12-16-6-8-24(9-7-16)20(26)15(3)22-19(25)17-4-5-18(21)28-17/h4-5,13-16H,6-12H2,1-3H3,(H,22,25). The Morgan fingerprint density at radius 3 is 2.46 bits per heavy atom. The van der Waals surface area contributed by atoms with Crippen molar-refractivity contribution in [1.29, 1.82) is 0 Å². The molecule has 0 bridgehead atoms. The molecule has 2 aliphatic heterocycles. The van der Waals surface area contributed by atoms with Gasteiger partial charge in [0.2, 0.25) is 5.91 Å². The second-order valence-corrected chi connectivity index (χ2v) is 10.5. The smallest absolute Gasteiger partial charge is 0.262 e. The molecule has 1 aromatic heterocycles. The van der Waals surface area contributed by atoms with Crippen molar-refractivity contribution in [1.82, 2.24) is 15.1 Å². The molecule has 0 radical (unpaired) electrons. The van der Waals surface area contributed by atoms with Gasteiger partial charge in [0.05, 0.1) is 20.9 Å². The summed E-state index contributed by atoms with van der Waals surface area (Å²) < 4.78 is 6.72. The van der Waals surface area contributed by atoms with Crippen LogP contribution in [0.25, 0.3) is 0 Å². The van der Waals surface area contributed by atoms with Crippen LogP contribution in [0.3, 0.4) is 0 Å². The molecule has 2 saturated heterocycles. The molecular formula is C20H30BrN3O3S. The summed E-state index contributed by atoms with van der Waals surface area (Å²) in [7, 11) is 0. The molecule has 6 nitrogen and oxygen atoms in total. The molecule has 3 heterocycles. The van der Waals surface area contributed by atoms with Crippen molar-refractivity contribution in [2.75, 3.05) is 32.7 Å². The lowest BCUT2D eigenvalue weighted by Gasteiger charge is -2.39. The number of nitrogens with one attached hydrogen (secondary N) is 1. The Morgan fingerprint density at radius 2 is 1.89 bits per heavy atom. The van der Waals surface area contributed by atoms with Gasteiger partial charge in [0, 0.05) is 32.7 Å². The van der Waals surface area contributed by atoms with E-state index in [1.165, 1.54) is 11.3 Å². The lowest BCUT2D eigenvalue weighted by Crippen LogP contribution is -2.51. The second-order valence-electron chi connectivity index (χ2n) is 8.04. The van der Waals surface area contributed by atoms with E-state index in [9.17, 15) is 9.59 Å². The molecule has 1 N–H and O–H groups in total. The van der Waals surface area contributed by atoms with Crippen molar-refractivity contribution in [2.24, 2.45) is 5.92 Å². The van der Waals surface area contributed by atoms with Gasteiger partial charge < -0.3 is 15.0 Å². The largest absolute Gasteiger partial charge is 0.373 e. The van der Waals surface area contributed by atoms with E-state index in [0.717, 1.165) is 49.4 Å². The first-order chi connectivity index (χ1) is 13.3. The van der Waals surface area contributed by atoms with E-state index in [2.05, 4.69) is 40.0 Å². The molecule has 0 spiro atoms. The fourth-order valence-electron chi connectivity index (χ4n) is 4.17. The Morgan fingerprint density at radius 1 is 1.25 bits per heavy atom. The van der Waals surface area contributed by atoms with Gasteiger partial charge in [0.25, 0.3) is 5.91 Å². The maximum absolute atomic E-state index is 12.7. The molecule has 1 aromatic rings. The molecule has 28 heavy (non-hydrogen) atoms. The predicted molar refractivity (Wildman–Crippen MR) is 115 cm³/mol. The van der Waals surface area contributed by atoms with Crippen LogP contribution in [0.4, 0.5) is 0 Å². The first-order valence-corrected chi connectivity index (χ1v) is 11.7. The molecule has 0 aromatic carbocycles. The zero-order chi connectivity index (χ0) is 20.3. The van der Waals surface area contributed by atoms with Gasteiger partial charge in [-0.3, -0.25) is 14.5 Å². The van der Waals surface area contributed by atoms with Gasteiger partial charge in [0.1, 0.15) is 6.04 Å². The average Bonchev–Trinajstić information content (AvgIpc) is 3.07. The number of nitrogens with zero attached hydrogens (tertiary/aromatic N) is 2. The summed E-state index contributed by atoms with van der Waals surface area (Å²) in [4.78, 5) is 30.0. The van der Waals surface area contributed by atoms with Crippen LogP contribution >= 0.6 is 27.3 Å². The number of hydrogen-bond acceptors (Lipinski definition) is 5. The van der Waals surface area contributed by atoms with Gasteiger partial charge >= 0.3 is 0 Å². The molecule has 3 atom stereocenters. The Bertz CT molecular complexity index is 680. The highest BCUT2D eigenvalue weighted by atomic mass is 79.9. The van der Waals surface area contributed by atoms with Gasteiger partial charge in [-0.25, -0.2) is 0 Å². The van der Waals surface area contributed by atoms with Crippen molar-refractivity contribution in [3.63, 3.8) is 0 Å². The molecular weight excluding hydrogens is 442 g/mol. The fourth-order valence-corrected chi connectivity index (χ4v) is 5.46. The Balaban J connectivity index is 1.43. The summed E-state index contributed by atoms with van der Waals surface area (Å²) >= 11 is 4.73. The third-order valence-corrected chi connectivity index (χ3v) is 7.08. The molecule has 2 fully saturated rings. The molecule has 8 heteroatoms. The summed E-state index contributed by atoms with van der Waals surface area (Å²) in [6.07, 6.45) is 2.62. The Hall–Kier alpha value is -0.960. The molecule has 3 rings (SSSR count). The minimum atomic E-state index is -0.508. The van der Waals surface area contributed by atoms with Crippen LogP contribution in [0.2, 0.25) is 0 Å². The number of rotatable bonds is 5. The second kappa shape index (κ2) is 9.69. The number of amides is 2. The average molecular weight is 472 g/mol. The van der Waals surface area contributed by atoms with Gasteiger partial charge in [-0.2, -0.15) is 0 Å². The number of morpholine rings is 1. The van der Waals surface area contributed by atoms with Crippen molar-refractivity contribution < 1.29 is 14.3 Å². The minimum Gasteiger partial charge on any atom is -0.373 e. The monoisotopic (exact) mass is 471 g/mol. The van der Waals surface area contributed by atoms with E-state index >= 15 is 0 Å². The topological polar surface area (TPSA) is 61.9 Å². The van der Waals surface area contributed by atoms with Crippen LogP contribution in [0.1, 0.15) is 43.3 Å². The highest BCUT2D eigenvalue weighted by molar-refractivity contribution is 9.11. The molecule has 2 amide bonds. The van der Waals surface area contributed by atoms with Crippen LogP contribution < -0.4 is 5.32 Å². The first kappa shape index (κ1) is 21.7. The zero-order valence-electron chi connectivity index (χ0n) is 16.8. The van der Waals surface area contributed by atoms with Crippen LogP contribution in [0.5, 0.6) is 0 Å². The minimum absolute atomic E-state index is 0.0102. The van der Waals surface area contributed by atoms with Gasteiger partial charge in [-0.15, -0.1) is 11.3 Å². The summed E-state index contributed by atoms with van der Waals surface area (Å²) in [5.74, 6) is 0.438. The Labute approximate surface area is 179 Å². The Kier molecular flexibility index (Phi) is 7.53. The van der Waals surface area contributed by atoms with Crippen molar-refractivity contribution in [3.05, 3.63) is 20.8 Å². The third-order valence-electron chi connectivity index (χ3n) is 5.45. The summed E-state index contributed by atoms with van der Waals surface area (Å²) in [6, 6.07) is 3.10. The normalized spacial score (nSPS) is 25.5. The van der Waals surface area contributed by atoms with E-state index in [4.69, 9.17) is 4.74 Å². The van der Waals surface area contributed by atoms with Crippen LogP contribution in [0, 0.1) is 5.92 Å². The van der Waals surface area contributed by atoms with Crippen molar-refractivity contribution in [3.8, 4) is 0 Å².